The zero-order valence-electron chi connectivity index (χ0n) is 9.92. The van der Waals surface area contributed by atoms with Crippen molar-refractivity contribution in [3.63, 3.8) is 0 Å². The van der Waals surface area contributed by atoms with E-state index in [1.165, 1.54) is 7.05 Å². The lowest BCUT2D eigenvalue weighted by atomic mass is 10.00. The highest BCUT2D eigenvalue weighted by atomic mass is 19.4. The molecule has 96 valence electrons. The second kappa shape index (κ2) is 4.04. The molecule has 6 heteroatoms. The van der Waals surface area contributed by atoms with Gasteiger partial charge in [-0.1, -0.05) is 24.3 Å². The molecule has 1 aromatic carbocycles. The van der Waals surface area contributed by atoms with E-state index >= 15 is 0 Å². The second-order valence-corrected chi connectivity index (χ2v) is 4.05. The van der Waals surface area contributed by atoms with E-state index in [9.17, 15) is 13.2 Å². The van der Waals surface area contributed by atoms with Crippen molar-refractivity contribution in [1.29, 1.82) is 0 Å². The Labute approximate surface area is 102 Å². The molecule has 2 N–H and O–H groups in total. The van der Waals surface area contributed by atoms with Crippen LogP contribution in [0.25, 0.3) is 11.1 Å². The van der Waals surface area contributed by atoms with Crippen LogP contribution in [0.3, 0.4) is 0 Å². The first-order chi connectivity index (χ1) is 8.32. The van der Waals surface area contributed by atoms with Crippen LogP contribution in [0.4, 0.5) is 19.0 Å². The third-order valence-electron chi connectivity index (χ3n) is 2.77. The summed E-state index contributed by atoms with van der Waals surface area (Å²) in [5.74, 6) is 0.0108. The zero-order chi connectivity index (χ0) is 13.5. The fourth-order valence-electron chi connectivity index (χ4n) is 1.85. The van der Waals surface area contributed by atoms with Crippen molar-refractivity contribution in [2.45, 2.75) is 13.1 Å². The molecular formula is C12H12F3N3. The number of aryl methyl sites for hydroxylation is 2. The zero-order valence-corrected chi connectivity index (χ0v) is 9.92. The Morgan fingerprint density at radius 1 is 1.22 bits per heavy atom. The summed E-state index contributed by atoms with van der Waals surface area (Å²) in [6.45, 7) is 1.74. The number of alkyl halides is 3. The lowest BCUT2D eigenvalue weighted by Gasteiger charge is -2.09. The Morgan fingerprint density at radius 3 is 2.39 bits per heavy atom. The lowest BCUT2D eigenvalue weighted by molar-refractivity contribution is -0.140. The van der Waals surface area contributed by atoms with Crippen LogP contribution < -0.4 is 5.73 Å². The smallest absolute Gasteiger partial charge is 0.383 e. The summed E-state index contributed by atoms with van der Waals surface area (Å²) in [5, 5.41) is 3.47. The van der Waals surface area contributed by atoms with E-state index in [4.69, 9.17) is 5.73 Å². The molecule has 2 rings (SSSR count). The van der Waals surface area contributed by atoms with Gasteiger partial charge in [0.25, 0.3) is 0 Å². The number of aromatic nitrogens is 2. The molecule has 0 radical (unpaired) electrons. The Balaban J connectivity index is 2.75. The molecule has 18 heavy (non-hydrogen) atoms. The van der Waals surface area contributed by atoms with Crippen molar-refractivity contribution in [3.8, 4) is 11.1 Å². The predicted octanol–water partition coefficient (Wildman–Crippen LogP) is 3.00. The van der Waals surface area contributed by atoms with Crippen molar-refractivity contribution >= 4 is 5.82 Å². The number of nitrogens with two attached hydrogens (primary N) is 1. The third kappa shape index (κ3) is 1.94. The largest absolute Gasteiger partial charge is 0.435 e. The molecule has 0 atom stereocenters. The van der Waals surface area contributed by atoms with Gasteiger partial charge in [0, 0.05) is 7.05 Å². The highest BCUT2D eigenvalue weighted by molar-refractivity contribution is 5.79. The van der Waals surface area contributed by atoms with Crippen molar-refractivity contribution in [3.05, 3.63) is 35.5 Å². The van der Waals surface area contributed by atoms with Gasteiger partial charge in [-0.25, -0.2) is 0 Å². The SMILES string of the molecule is Cc1ccccc1-c1c(C(F)(F)F)nn(C)c1N. The van der Waals surface area contributed by atoms with E-state index in [0.29, 0.717) is 5.56 Å². The number of hydrogen-bond donors (Lipinski definition) is 1. The highest BCUT2D eigenvalue weighted by Gasteiger charge is 2.39. The normalized spacial score (nSPS) is 11.8. The van der Waals surface area contributed by atoms with Crippen molar-refractivity contribution in [2.24, 2.45) is 7.05 Å². The minimum atomic E-state index is -4.52. The molecule has 2 aromatic rings. The van der Waals surface area contributed by atoms with Gasteiger partial charge in [-0.05, 0) is 18.1 Å². The molecule has 0 spiro atoms. The number of hydrogen-bond acceptors (Lipinski definition) is 2. The highest BCUT2D eigenvalue weighted by Crippen LogP contribution is 2.40. The molecule has 0 aliphatic heterocycles. The standard InChI is InChI=1S/C12H12F3N3/c1-7-5-3-4-6-8(7)9-10(12(13,14)15)17-18(2)11(9)16/h3-6H,16H2,1-2H3. The minimum Gasteiger partial charge on any atom is -0.383 e. The van der Waals surface area contributed by atoms with Crippen LogP contribution in [-0.2, 0) is 13.2 Å². The number of nitrogens with zero attached hydrogens (tertiary/aromatic N) is 2. The molecule has 0 bridgehead atoms. The molecule has 3 nitrogen and oxygen atoms in total. The number of benzene rings is 1. The maximum atomic E-state index is 12.9. The average Bonchev–Trinajstić information content (AvgIpc) is 2.57. The van der Waals surface area contributed by atoms with E-state index in [-0.39, 0.29) is 11.4 Å². The molecule has 0 aliphatic carbocycles. The molecule has 1 heterocycles. The second-order valence-electron chi connectivity index (χ2n) is 4.05. The van der Waals surface area contributed by atoms with Crippen molar-refractivity contribution < 1.29 is 13.2 Å². The van der Waals surface area contributed by atoms with Gasteiger partial charge in [-0.3, -0.25) is 4.68 Å². The predicted molar refractivity (Wildman–Crippen MR) is 62.8 cm³/mol. The Kier molecular flexibility index (Phi) is 2.80. The van der Waals surface area contributed by atoms with Crippen molar-refractivity contribution in [1.82, 2.24) is 9.78 Å². The van der Waals surface area contributed by atoms with Gasteiger partial charge >= 0.3 is 6.18 Å². The number of halogens is 3. The van der Waals surface area contributed by atoms with Gasteiger partial charge in [-0.2, -0.15) is 18.3 Å². The molecule has 0 amide bonds. The first-order valence-electron chi connectivity index (χ1n) is 5.28. The van der Waals surface area contributed by atoms with Crippen LogP contribution in [0.1, 0.15) is 11.3 Å². The Bertz CT molecular complexity index is 585. The van der Waals surface area contributed by atoms with Gasteiger partial charge in [0.2, 0.25) is 0 Å². The van der Waals surface area contributed by atoms with Crippen LogP contribution in [0.5, 0.6) is 0 Å². The quantitative estimate of drug-likeness (QED) is 0.851. The van der Waals surface area contributed by atoms with E-state index < -0.39 is 11.9 Å². The number of anilines is 1. The number of nitrogen functional groups attached to an aromatic ring is 1. The summed E-state index contributed by atoms with van der Waals surface area (Å²) >= 11 is 0. The molecule has 0 saturated heterocycles. The van der Waals surface area contributed by atoms with E-state index in [1.807, 2.05) is 0 Å². The van der Waals surface area contributed by atoms with Crippen LogP contribution in [-0.4, -0.2) is 9.78 Å². The van der Waals surface area contributed by atoms with Gasteiger partial charge in [0.05, 0.1) is 5.56 Å². The monoisotopic (exact) mass is 255 g/mol. The molecule has 0 fully saturated rings. The minimum absolute atomic E-state index is 0.0108. The van der Waals surface area contributed by atoms with Gasteiger partial charge < -0.3 is 5.73 Å². The summed E-state index contributed by atoms with van der Waals surface area (Å²) < 4.78 is 39.8. The summed E-state index contributed by atoms with van der Waals surface area (Å²) in [6, 6.07) is 6.79. The molecule has 0 aliphatic rings. The molecular weight excluding hydrogens is 243 g/mol. The maximum Gasteiger partial charge on any atom is 0.435 e. The lowest BCUT2D eigenvalue weighted by Crippen LogP contribution is -2.08. The van der Waals surface area contributed by atoms with Crippen LogP contribution >= 0.6 is 0 Å². The first kappa shape index (κ1) is 12.5. The Morgan fingerprint density at radius 2 is 1.83 bits per heavy atom. The molecule has 0 saturated carbocycles. The fraction of sp³-hybridized carbons (Fsp3) is 0.250. The van der Waals surface area contributed by atoms with E-state index in [0.717, 1.165) is 10.2 Å². The summed E-state index contributed by atoms with van der Waals surface area (Å²) in [4.78, 5) is 0. The topological polar surface area (TPSA) is 43.8 Å². The van der Waals surface area contributed by atoms with E-state index in [2.05, 4.69) is 5.10 Å². The first-order valence-corrected chi connectivity index (χ1v) is 5.28. The van der Waals surface area contributed by atoms with Gasteiger partial charge in [0.15, 0.2) is 5.69 Å². The van der Waals surface area contributed by atoms with Gasteiger partial charge in [0.1, 0.15) is 5.82 Å². The Hall–Kier alpha value is -1.98. The van der Waals surface area contributed by atoms with Crippen LogP contribution in [0.15, 0.2) is 24.3 Å². The van der Waals surface area contributed by atoms with Crippen molar-refractivity contribution in [2.75, 3.05) is 5.73 Å². The fourth-order valence-corrected chi connectivity index (χ4v) is 1.85. The molecule has 1 aromatic heterocycles. The number of rotatable bonds is 1. The summed E-state index contributed by atoms with van der Waals surface area (Å²) in [6.07, 6.45) is -4.52. The van der Waals surface area contributed by atoms with Crippen LogP contribution in [0.2, 0.25) is 0 Å². The van der Waals surface area contributed by atoms with E-state index in [1.54, 1.807) is 31.2 Å². The summed E-state index contributed by atoms with van der Waals surface area (Å²) in [7, 11) is 1.40. The average molecular weight is 255 g/mol. The van der Waals surface area contributed by atoms with Crippen LogP contribution in [0, 0.1) is 6.92 Å². The third-order valence-corrected chi connectivity index (χ3v) is 2.77. The summed E-state index contributed by atoms with van der Waals surface area (Å²) in [5.41, 5.74) is 5.88. The maximum absolute atomic E-state index is 12.9. The van der Waals surface area contributed by atoms with Gasteiger partial charge in [-0.15, -0.1) is 0 Å². The molecule has 0 unspecified atom stereocenters.